The maximum Gasteiger partial charge on any atom is 0.304 e. The number of ether oxygens (including phenoxy) is 1. The van der Waals surface area contributed by atoms with E-state index in [2.05, 4.69) is 19.3 Å². The molecule has 3 N–H and O–H groups in total. The van der Waals surface area contributed by atoms with E-state index in [-0.39, 0.29) is 31.1 Å². The first-order valence-corrected chi connectivity index (χ1v) is 12.0. The summed E-state index contributed by atoms with van der Waals surface area (Å²) < 4.78 is 4.80. The summed E-state index contributed by atoms with van der Waals surface area (Å²) in [7, 11) is 6.90. The molecule has 0 aliphatic heterocycles. The molecule has 0 aromatic rings. The summed E-state index contributed by atoms with van der Waals surface area (Å²) >= 11 is 0. The summed E-state index contributed by atoms with van der Waals surface area (Å²) in [5, 5.41) is 13.9. The minimum Gasteiger partial charge on any atom is -0.481 e. The Balaban J connectivity index is 3.63. The number of methoxy groups -OCH3 is 1. The number of rotatable bonds is 12. The average molecular weight is 374 g/mol. The molecular formula is C10H20N2O5P2S2. The van der Waals surface area contributed by atoms with Crippen LogP contribution >= 0.6 is 37.1 Å². The van der Waals surface area contributed by atoms with E-state index in [0.29, 0.717) is 18.9 Å². The maximum atomic E-state index is 11.6. The summed E-state index contributed by atoms with van der Waals surface area (Å²) in [5.74, 6) is -0.715. The third-order valence-corrected chi connectivity index (χ3v) is 9.76. The van der Waals surface area contributed by atoms with Gasteiger partial charge in [-0.05, 0) is 10.4 Å². The third-order valence-electron chi connectivity index (χ3n) is 1.97. The molecule has 0 saturated heterocycles. The number of carboxylic acids is 1. The molecule has 122 valence electrons. The van der Waals surface area contributed by atoms with Crippen molar-refractivity contribution in [3.8, 4) is 0 Å². The van der Waals surface area contributed by atoms with Gasteiger partial charge in [0, 0.05) is 32.2 Å². The molecule has 0 bridgehead atoms. The standard InChI is InChI=1S/C10H20N2O5P2S2/c1-17-6-5-11-8(13)2-3-9(14)12-19(18)21-20-7-4-10(15)16/h2-7,18H2,1H3,(H,11,13)(H,12,14)(H,15,16). The van der Waals surface area contributed by atoms with Crippen LogP contribution in [0.25, 0.3) is 0 Å². The van der Waals surface area contributed by atoms with Crippen LogP contribution in [-0.2, 0) is 19.1 Å². The van der Waals surface area contributed by atoms with Crippen LogP contribution in [0, 0.1) is 0 Å². The summed E-state index contributed by atoms with van der Waals surface area (Å²) in [6.45, 7) is 0.0342. The number of carbonyl (C=O) groups is 3. The van der Waals surface area contributed by atoms with E-state index < -0.39 is 12.9 Å². The molecule has 21 heavy (non-hydrogen) atoms. The van der Waals surface area contributed by atoms with Crippen LogP contribution in [0.15, 0.2) is 0 Å². The highest BCUT2D eigenvalue weighted by Crippen LogP contribution is 2.59. The summed E-state index contributed by atoms with van der Waals surface area (Å²) in [4.78, 5) is 33.3. The molecule has 0 aliphatic rings. The van der Waals surface area contributed by atoms with Gasteiger partial charge in [-0.1, -0.05) is 19.7 Å². The molecule has 0 fully saturated rings. The van der Waals surface area contributed by atoms with Gasteiger partial charge in [0.1, 0.15) is 0 Å². The normalized spacial score (nSPS) is 11.7. The van der Waals surface area contributed by atoms with Crippen LogP contribution in [0.2, 0.25) is 0 Å². The summed E-state index contributed by atoms with van der Waals surface area (Å²) in [6.07, 6.45) is 0.369. The lowest BCUT2D eigenvalue weighted by atomic mass is 10.3. The molecule has 0 aromatic carbocycles. The van der Waals surface area contributed by atoms with E-state index in [1.807, 2.05) is 0 Å². The second kappa shape index (κ2) is 13.6. The Kier molecular flexibility index (Phi) is 13.5. The fourth-order valence-electron chi connectivity index (χ4n) is 1.03. The maximum absolute atomic E-state index is 11.6. The molecule has 11 heteroatoms. The van der Waals surface area contributed by atoms with Crippen LogP contribution in [0.4, 0.5) is 0 Å². The second-order valence-corrected chi connectivity index (χ2v) is 11.8. The Hall–Kier alpha value is -0.0700. The predicted octanol–water partition coefficient (Wildman–Crippen LogP) is 1.60. The molecule has 0 heterocycles. The highest BCUT2D eigenvalue weighted by atomic mass is 33.4. The molecule has 0 saturated carbocycles. The van der Waals surface area contributed by atoms with Crippen molar-refractivity contribution < 1.29 is 24.2 Å². The first-order valence-electron chi connectivity index (χ1n) is 6.07. The van der Waals surface area contributed by atoms with E-state index >= 15 is 0 Å². The molecule has 2 unspecified atom stereocenters. The van der Waals surface area contributed by atoms with Crippen LogP contribution < -0.4 is 10.4 Å². The van der Waals surface area contributed by atoms with E-state index in [1.165, 1.54) is 21.2 Å². The topological polar surface area (TPSA) is 105 Å². The molecule has 0 aliphatic carbocycles. The second-order valence-electron chi connectivity index (χ2n) is 3.74. The Morgan fingerprint density at radius 2 is 1.90 bits per heavy atom. The summed E-state index contributed by atoms with van der Waals surface area (Å²) in [6, 6.07) is 0. The number of hydrogen-bond acceptors (Lipinski definition) is 6. The number of carboxylic acid groups (broad SMARTS) is 1. The van der Waals surface area contributed by atoms with Crippen LogP contribution in [-0.4, -0.2) is 48.9 Å². The van der Waals surface area contributed by atoms with E-state index in [1.54, 1.807) is 7.11 Å². The summed E-state index contributed by atoms with van der Waals surface area (Å²) in [5.41, 5.74) is 0. The quantitative estimate of drug-likeness (QED) is 0.271. The lowest BCUT2D eigenvalue weighted by Crippen LogP contribution is -2.28. The average Bonchev–Trinajstić information content (AvgIpc) is 2.41. The number of aliphatic carboxylic acids is 1. The van der Waals surface area contributed by atoms with Crippen molar-refractivity contribution in [3.05, 3.63) is 0 Å². The molecule has 2 atom stereocenters. The Bertz CT molecular complexity index is 349. The van der Waals surface area contributed by atoms with Gasteiger partial charge in [0.25, 0.3) is 0 Å². The molecular weight excluding hydrogens is 354 g/mol. The number of amides is 2. The van der Waals surface area contributed by atoms with Gasteiger partial charge in [0.05, 0.1) is 20.0 Å². The molecule has 0 rings (SSSR count). The first-order chi connectivity index (χ1) is 9.95. The van der Waals surface area contributed by atoms with E-state index in [0.717, 1.165) is 0 Å². The van der Waals surface area contributed by atoms with E-state index in [9.17, 15) is 14.4 Å². The number of nitrogens with one attached hydrogen (secondary N) is 2. The van der Waals surface area contributed by atoms with Crippen molar-refractivity contribution in [2.24, 2.45) is 0 Å². The lowest BCUT2D eigenvalue weighted by molar-refractivity contribution is -0.136. The predicted molar refractivity (Wildman–Crippen MR) is 91.2 cm³/mol. The minimum absolute atomic E-state index is 0.0983. The highest BCUT2D eigenvalue weighted by Gasteiger charge is 2.11. The zero-order chi connectivity index (χ0) is 16.1. The molecule has 0 aromatic heterocycles. The van der Waals surface area contributed by atoms with Gasteiger partial charge in [0.2, 0.25) is 11.8 Å². The zero-order valence-electron chi connectivity index (χ0n) is 11.7. The highest BCUT2D eigenvalue weighted by molar-refractivity contribution is 9.04. The monoisotopic (exact) mass is 374 g/mol. The molecule has 0 radical (unpaired) electrons. The van der Waals surface area contributed by atoms with Gasteiger partial charge in [-0.15, -0.1) is 0 Å². The third kappa shape index (κ3) is 14.6. The fraction of sp³-hybridized carbons (Fsp3) is 0.700. The Morgan fingerprint density at radius 3 is 2.52 bits per heavy atom. The van der Waals surface area contributed by atoms with Gasteiger partial charge < -0.3 is 20.2 Å². The number of carbonyl (C=O) groups excluding carboxylic acids is 2. The zero-order valence-corrected chi connectivity index (χ0v) is 15.3. The van der Waals surface area contributed by atoms with Gasteiger partial charge in [-0.3, -0.25) is 14.4 Å². The fourth-order valence-corrected chi connectivity index (χ4v) is 7.20. The van der Waals surface area contributed by atoms with Crippen molar-refractivity contribution in [2.45, 2.75) is 19.3 Å². The van der Waals surface area contributed by atoms with Crippen LogP contribution in [0.5, 0.6) is 0 Å². The Labute approximate surface area is 135 Å². The Morgan fingerprint density at radius 1 is 1.24 bits per heavy atom. The van der Waals surface area contributed by atoms with Gasteiger partial charge >= 0.3 is 5.97 Å². The van der Waals surface area contributed by atoms with Crippen molar-refractivity contribution in [1.29, 1.82) is 0 Å². The first kappa shape index (κ1) is 20.9. The van der Waals surface area contributed by atoms with E-state index in [4.69, 9.17) is 9.84 Å². The molecule has 0 spiro atoms. The van der Waals surface area contributed by atoms with Gasteiger partial charge in [0.15, 0.2) is 0 Å². The van der Waals surface area contributed by atoms with Crippen LogP contribution in [0.3, 0.4) is 0 Å². The van der Waals surface area contributed by atoms with Crippen molar-refractivity contribution in [2.75, 3.05) is 26.0 Å². The molecule has 7 nitrogen and oxygen atoms in total. The van der Waals surface area contributed by atoms with Crippen molar-refractivity contribution >= 4 is 54.9 Å². The van der Waals surface area contributed by atoms with Crippen LogP contribution in [0.1, 0.15) is 19.3 Å². The smallest absolute Gasteiger partial charge is 0.304 e. The largest absolute Gasteiger partial charge is 0.481 e. The van der Waals surface area contributed by atoms with Crippen molar-refractivity contribution in [3.63, 3.8) is 0 Å². The minimum atomic E-state index is -0.843. The van der Waals surface area contributed by atoms with Gasteiger partial charge in [-0.2, -0.15) is 0 Å². The SMILES string of the molecule is COCCNC(=O)CCC(=O)NP(P)SSCCC(=O)O. The molecule has 2 amide bonds. The number of hydrogen-bond donors (Lipinski definition) is 3. The van der Waals surface area contributed by atoms with Gasteiger partial charge in [-0.25, -0.2) is 0 Å². The lowest BCUT2D eigenvalue weighted by Gasteiger charge is -2.11. The van der Waals surface area contributed by atoms with Crippen molar-refractivity contribution in [1.82, 2.24) is 10.4 Å².